The minimum absolute atomic E-state index is 0.0544. The van der Waals surface area contributed by atoms with Crippen LogP contribution in [-0.2, 0) is 19.9 Å². The molecule has 0 aromatic carbocycles. The Hall–Kier alpha value is -0.180. The van der Waals surface area contributed by atoms with E-state index in [1.54, 1.807) is 6.92 Å². The van der Waals surface area contributed by atoms with Crippen LogP contribution in [0.2, 0.25) is 0 Å². The minimum Gasteiger partial charge on any atom is -0.393 e. The molecule has 0 aliphatic carbocycles. The molecule has 0 amide bonds. The minimum atomic E-state index is -3.45. The smallest absolute Gasteiger partial charge is 0.216 e. The molecule has 0 spiro atoms. The number of hydrogen-bond donors (Lipinski definition) is 1. The largest absolute Gasteiger partial charge is 0.393 e. The fourth-order valence-corrected chi connectivity index (χ4v) is 5.41. The third-order valence-corrected chi connectivity index (χ3v) is 7.30. The van der Waals surface area contributed by atoms with Crippen molar-refractivity contribution in [2.45, 2.75) is 37.5 Å². The monoisotopic (exact) mass is 299 g/mol. The van der Waals surface area contributed by atoms with Gasteiger partial charge in [-0.1, -0.05) is 0 Å². The van der Waals surface area contributed by atoms with Crippen molar-refractivity contribution in [3.05, 3.63) is 0 Å². The average molecular weight is 299 g/mol. The molecule has 0 aromatic rings. The van der Waals surface area contributed by atoms with Crippen molar-refractivity contribution in [1.82, 2.24) is 4.31 Å². The van der Waals surface area contributed by atoms with Crippen LogP contribution in [0.25, 0.3) is 0 Å². The molecule has 108 valence electrons. The number of sulfonamides is 1. The lowest BCUT2D eigenvalue weighted by atomic mass is 10.2. The van der Waals surface area contributed by atoms with Crippen LogP contribution in [0.4, 0.5) is 0 Å². The summed E-state index contributed by atoms with van der Waals surface area (Å²) >= 11 is 0. The van der Waals surface area contributed by atoms with Crippen molar-refractivity contribution < 1.29 is 21.9 Å². The highest BCUT2D eigenvalue weighted by Gasteiger charge is 2.35. The molecule has 8 heteroatoms. The van der Waals surface area contributed by atoms with Crippen LogP contribution in [0.3, 0.4) is 0 Å². The van der Waals surface area contributed by atoms with Gasteiger partial charge in [-0.3, -0.25) is 0 Å². The molecule has 1 N–H and O–H groups in total. The molecule has 1 saturated heterocycles. The van der Waals surface area contributed by atoms with Gasteiger partial charge in [0.05, 0.1) is 22.9 Å². The Labute approximate surface area is 109 Å². The summed E-state index contributed by atoms with van der Waals surface area (Å²) in [5.41, 5.74) is 0. The second-order valence-electron chi connectivity index (χ2n) is 4.86. The lowest BCUT2D eigenvalue weighted by Crippen LogP contribution is -2.41. The van der Waals surface area contributed by atoms with Gasteiger partial charge >= 0.3 is 0 Å². The zero-order valence-electron chi connectivity index (χ0n) is 10.7. The third kappa shape index (κ3) is 4.18. The van der Waals surface area contributed by atoms with E-state index in [4.69, 9.17) is 5.11 Å². The van der Waals surface area contributed by atoms with Crippen molar-refractivity contribution in [2.24, 2.45) is 0 Å². The zero-order valence-corrected chi connectivity index (χ0v) is 12.4. The van der Waals surface area contributed by atoms with Gasteiger partial charge in [-0.15, -0.1) is 0 Å². The van der Waals surface area contributed by atoms with E-state index in [1.807, 2.05) is 0 Å². The van der Waals surface area contributed by atoms with Crippen LogP contribution in [-0.4, -0.2) is 62.7 Å². The van der Waals surface area contributed by atoms with E-state index in [0.717, 1.165) is 0 Å². The van der Waals surface area contributed by atoms with Gasteiger partial charge in [0.15, 0.2) is 0 Å². The first kappa shape index (κ1) is 15.9. The summed E-state index contributed by atoms with van der Waals surface area (Å²) < 4.78 is 48.1. The SMILES string of the molecule is CC(O)CCN(C)S(=O)(=O)C1CCS(=O)(=O)CC1. The second kappa shape index (κ2) is 5.85. The maximum Gasteiger partial charge on any atom is 0.216 e. The molecule has 1 aliphatic heterocycles. The highest BCUT2D eigenvalue weighted by atomic mass is 32.2. The summed E-state index contributed by atoms with van der Waals surface area (Å²) in [5, 5.41) is 8.53. The molecule has 1 atom stereocenters. The molecular formula is C10H21NO5S2. The van der Waals surface area contributed by atoms with Crippen LogP contribution in [0.5, 0.6) is 0 Å². The standard InChI is InChI=1S/C10H21NO5S2/c1-9(12)3-6-11(2)18(15,16)10-4-7-17(13,14)8-5-10/h9-10,12H,3-8H2,1-2H3. The number of aliphatic hydroxyl groups excluding tert-OH is 1. The quantitative estimate of drug-likeness (QED) is 0.745. The van der Waals surface area contributed by atoms with Crippen LogP contribution < -0.4 is 0 Å². The average Bonchev–Trinajstić information content (AvgIpc) is 2.25. The normalized spacial score (nSPS) is 23.1. The summed E-state index contributed by atoms with van der Waals surface area (Å²) in [5.74, 6) is -0.109. The van der Waals surface area contributed by atoms with Gasteiger partial charge in [0.25, 0.3) is 0 Å². The summed E-state index contributed by atoms with van der Waals surface area (Å²) in [4.78, 5) is 0. The lowest BCUT2D eigenvalue weighted by Gasteiger charge is -2.27. The van der Waals surface area contributed by atoms with Crippen LogP contribution >= 0.6 is 0 Å². The van der Waals surface area contributed by atoms with Crippen molar-refractivity contribution in [2.75, 3.05) is 25.1 Å². The highest BCUT2D eigenvalue weighted by molar-refractivity contribution is 7.92. The number of sulfone groups is 1. The Morgan fingerprint density at radius 2 is 1.83 bits per heavy atom. The van der Waals surface area contributed by atoms with Crippen LogP contribution in [0, 0.1) is 0 Å². The first-order valence-electron chi connectivity index (χ1n) is 5.99. The Morgan fingerprint density at radius 1 is 1.33 bits per heavy atom. The molecular weight excluding hydrogens is 278 g/mol. The Kier molecular flexibility index (Phi) is 5.16. The summed E-state index contributed by atoms with van der Waals surface area (Å²) in [7, 11) is -5.03. The van der Waals surface area contributed by atoms with Crippen molar-refractivity contribution in [3.63, 3.8) is 0 Å². The molecule has 1 aliphatic rings. The molecule has 1 fully saturated rings. The summed E-state index contributed by atoms with van der Waals surface area (Å²) in [6, 6.07) is 0. The van der Waals surface area contributed by atoms with Crippen molar-refractivity contribution in [1.29, 1.82) is 0 Å². The fourth-order valence-electron chi connectivity index (χ4n) is 1.92. The molecule has 1 heterocycles. The Bertz CT molecular complexity index is 454. The number of aliphatic hydroxyl groups is 1. The van der Waals surface area contributed by atoms with Gasteiger partial charge in [0.1, 0.15) is 9.84 Å². The van der Waals surface area contributed by atoms with Crippen molar-refractivity contribution in [3.8, 4) is 0 Å². The fraction of sp³-hybridized carbons (Fsp3) is 1.00. The maximum atomic E-state index is 12.2. The molecule has 6 nitrogen and oxygen atoms in total. The highest BCUT2D eigenvalue weighted by Crippen LogP contribution is 2.21. The van der Waals surface area contributed by atoms with E-state index < -0.39 is 31.2 Å². The summed E-state index contributed by atoms with van der Waals surface area (Å²) in [6.45, 7) is 1.86. The van der Waals surface area contributed by atoms with E-state index in [1.165, 1.54) is 11.4 Å². The summed E-state index contributed by atoms with van der Waals surface area (Å²) in [6.07, 6.45) is 0.170. The van der Waals surface area contributed by atoms with Gasteiger partial charge in [-0.05, 0) is 26.2 Å². The number of nitrogens with zero attached hydrogens (tertiary/aromatic N) is 1. The second-order valence-corrected chi connectivity index (χ2v) is 9.48. The van der Waals surface area contributed by atoms with Gasteiger partial charge in [-0.25, -0.2) is 21.1 Å². The van der Waals surface area contributed by atoms with Crippen LogP contribution in [0.1, 0.15) is 26.2 Å². The lowest BCUT2D eigenvalue weighted by molar-refractivity contribution is 0.177. The van der Waals surface area contributed by atoms with E-state index in [-0.39, 0.29) is 30.9 Å². The molecule has 0 saturated carbocycles. The topological polar surface area (TPSA) is 91.8 Å². The molecule has 1 rings (SSSR count). The van der Waals surface area contributed by atoms with Gasteiger partial charge in [0, 0.05) is 13.6 Å². The van der Waals surface area contributed by atoms with E-state index in [0.29, 0.717) is 6.42 Å². The first-order valence-corrected chi connectivity index (χ1v) is 9.31. The molecule has 0 aromatic heterocycles. The zero-order chi connectivity index (χ0) is 14.0. The van der Waals surface area contributed by atoms with E-state index >= 15 is 0 Å². The maximum absolute atomic E-state index is 12.2. The van der Waals surface area contributed by atoms with E-state index in [9.17, 15) is 16.8 Å². The van der Waals surface area contributed by atoms with Gasteiger partial charge < -0.3 is 5.11 Å². The van der Waals surface area contributed by atoms with Crippen molar-refractivity contribution >= 4 is 19.9 Å². The van der Waals surface area contributed by atoms with E-state index in [2.05, 4.69) is 0 Å². The Morgan fingerprint density at radius 3 is 2.28 bits per heavy atom. The molecule has 18 heavy (non-hydrogen) atoms. The number of hydrogen-bond acceptors (Lipinski definition) is 5. The predicted octanol–water partition coefficient (Wildman–Crippen LogP) is -0.404. The first-order chi connectivity index (χ1) is 8.15. The predicted molar refractivity (Wildman–Crippen MR) is 69.5 cm³/mol. The third-order valence-electron chi connectivity index (χ3n) is 3.22. The molecule has 0 radical (unpaired) electrons. The van der Waals surface area contributed by atoms with Gasteiger partial charge in [0.2, 0.25) is 10.0 Å². The Balaban J connectivity index is 2.64. The molecule has 0 bridgehead atoms. The van der Waals surface area contributed by atoms with Crippen LogP contribution in [0.15, 0.2) is 0 Å². The van der Waals surface area contributed by atoms with Gasteiger partial charge in [-0.2, -0.15) is 0 Å². The molecule has 1 unspecified atom stereocenters. The number of rotatable bonds is 5.